The van der Waals surface area contributed by atoms with Crippen molar-refractivity contribution in [3.8, 4) is 0 Å². The topological polar surface area (TPSA) is 0 Å². The van der Waals surface area contributed by atoms with E-state index in [0.29, 0.717) is 0 Å². The van der Waals surface area contributed by atoms with E-state index < -0.39 is 0 Å². The van der Waals surface area contributed by atoms with Gasteiger partial charge in [0.15, 0.2) is 0 Å². The molecule has 1 spiro atoms. The Morgan fingerprint density at radius 3 is 2.92 bits per heavy atom. The van der Waals surface area contributed by atoms with Gasteiger partial charge in [-0.1, -0.05) is 13.3 Å². The molecule has 0 aromatic carbocycles. The van der Waals surface area contributed by atoms with E-state index in [1.54, 1.807) is 38.5 Å². The zero-order valence-electron chi connectivity index (χ0n) is 8.63. The maximum Gasteiger partial charge on any atom is -0.0232 e. The van der Waals surface area contributed by atoms with Crippen LogP contribution in [0.25, 0.3) is 0 Å². The maximum absolute atomic E-state index is 2.56. The second-order valence-electron chi connectivity index (χ2n) is 6.48. The van der Waals surface area contributed by atoms with Crippen molar-refractivity contribution in [3.63, 3.8) is 0 Å². The van der Waals surface area contributed by atoms with Crippen LogP contribution in [0.2, 0.25) is 0 Å². The SMILES string of the molecule is CC1C2CC3CCC(C2)C2(C3)CC12. The van der Waals surface area contributed by atoms with E-state index in [2.05, 4.69) is 6.92 Å². The number of hydrogen-bond donors (Lipinski definition) is 0. The van der Waals surface area contributed by atoms with Gasteiger partial charge in [0.1, 0.15) is 0 Å². The standard InChI is InChI=1S/C13H20/c1-8-10-4-9-2-3-11(5-10)13(6-9)7-12(8)13/h8-12H,2-7H2,1H3. The van der Waals surface area contributed by atoms with Gasteiger partial charge in [-0.05, 0) is 67.1 Å². The predicted molar refractivity (Wildman–Crippen MR) is 53.3 cm³/mol. The largest absolute Gasteiger partial charge is 0.0620 e. The summed E-state index contributed by atoms with van der Waals surface area (Å²) >= 11 is 0. The molecule has 6 saturated carbocycles. The van der Waals surface area contributed by atoms with Crippen LogP contribution >= 0.6 is 0 Å². The van der Waals surface area contributed by atoms with Gasteiger partial charge in [-0.25, -0.2) is 0 Å². The van der Waals surface area contributed by atoms with Crippen LogP contribution in [0.4, 0.5) is 0 Å². The van der Waals surface area contributed by atoms with Gasteiger partial charge < -0.3 is 0 Å². The van der Waals surface area contributed by atoms with Gasteiger partial charge in [-0.15, -0.1) is 0 Å². The summed E-state index contributed by atoms with van der Waals surface area (Å²) in [6.07, 6.45) is 9.69. The Bertz CT molecular complexity index is 257. The van der Waals surface area contributed by atoms with E-state index in [0.717, 1.165) is 23.2 Å². The van der Waals surface area contributed by atoms with Crippen molar-refractivity contribution in [2.45, 2.75) is 45.4 Å². The normalized spacial score (nSPS) is 67.6. The Morgan fingerprint density at radius 2 is 2.00 bits per heavy atom. The molecule has 0 heteroatoms. The van der Waals surface area contributed by atoms with Gasteiger partial charge >= 0.3 is 0 Å². The second-order valence-corrected chi connectivity index (χ2v) is 6.48. The first-order valence-electron chi connectivity index (χ1n) is 6.29. The molecular formula is C13H20. The van der Waals surface area contributed by atoms with E-state index in [1.807, 2.05) is 0 Å². The van der Waals surface area contributed by atoms with Crippen molar-refractivity contribution in [2.24, 2.45) is 35.0 Å². The molecule has 6 rings (SSSR count). The minimum Gasteiger partial charge on any atom is -0.0620 e. The van der Waals surface area contributed by atoms with E-state index in [4.69, 9.17) is 0 Å². The Balaban J connectivity index is 1.83. The van der Waals surface area contributed by atoms with Crippen molar-refractivity contribution in [2.75, 3.05) is 0 Å². The summed E-state index contributed by atoms with van der Waals surface area (Å²) in [7, 11) is 0. The molecule has 0 N–H and O–H groups in total. The van der Waals surface area contributed by atoms with E-state index in [9.17, 15) is 0 Å². The Labute approximate surface area is 81.1 Å². The van der Waals surface area contributed by atoms with Crippen molar-refractivity contribution in [1.82, 2.24) is 0 Å². The van der Waals surface area contributed by atoms with Crippen LogP contribution in [0.3, 0.4) is 0 Å². The zero-order chi connectivity index (χ0) is 8.63. The highest BCUT2D eigenvalue weighted by atomic mass is 14.7. The summed E-state index contributed by atoms with van der Waals surface area (Å²) in [4.78, 5) is 0. The Hall–Kier alpha value is 0. The van der Waals surface area contributed by atoms with Crippen LogP contribution in [-0.2, 0) is 0 Å². The highest BCUT2D eigenvalue weighted by Gasteiger charge is 2.67. The minimum atomic E-state index is 0.926. The third-order valence-corrected chi connectivity index (χ3v) is 6.19. The van der Waals surface area contributed by atoms with Gasteiger partial charge in [0, 0.05) is 0 Å². The molecule has 6 atom stereocenters. The maximum atomic E-state index is 2.56. The summed E-state index contributed by atoms with van der Waals surface area (Å²) in [5, 5.41) is 0. The quantitative estimate of drug-likeness (QED) is 0.530. The van der Waals surface area contributed by atoms with Gasteiger partial charge in [-0.3, -0.25) is 0 Å². The fourth-order valence-corrected chi connectivity index (χ4v) is 5.50. The van der Waals surface area contributed by atoms with Gasteiger partial charge in [0.2, 0.25) is 0 Å². The highest BCUT2D eigenvalue weighted by Crippen LogP contribution is 2.75. The molecule has 0 amide bonds. The Morgan fingerprint density at radius 1 is 1.08 bits per heavy atom. The van der Waals surface area contributed by atoms with Gasteiger partial charge in [0.05, 0.1) is 0 Å². The average molecular weight is 176 g/mol. The fraction of sp³-hybridized carbons (Fsp3) is 1.00. The number of hydrogen-bond acceptors (Lipinski definition) is 0. The van der Waals surface area contributed by atoms with Crippen LogP contribution in [0.15, 0.2) is 0 Å². The first-order chi connectivity index (χ1) is 6.29. The third-order valence-electron chi connectivity index (χ3n) is 6.19. The molecule has 0 aliphatic heterocycles. The highest BCUT2D eigenvalue weighted by molar-refractivity contribution is 5.16. The lowest BCUT2D eigenvalue weighted by atomic mass is 9.67. The molecule has 6 fully saturated rings. The molecule has 0 radical (unpaired) electrons. The zero-order valence-corrected chi connectivity index (χ0v) is 8.63. The van der Waals surface area contributed by atoms with Crippen molar-refractivity contribution in [1.29, 1.82) is 0 Å². The van der Waals surface area contributed by atoms with Crippen LogP contribution in [0, 0.1) is 35.0 Å². The van der Waals surface area contributed by atoms with Crippen LogP contribution in [-0.4, -0.2) is 0 Å². The van der Waals surface area contributed by atoms with Crippen LogP contribution in [0.1, 0.15) is 45.4 Å². The molecular weight excluding hydrogens is 156 g/mol. The lowest BCUT2D eigenvalue weighted by Crippen LogP contribution is -2.30. The first kappa shape index (κ1) is 7.31. The van der Waals surface area contributed by atoms with Crippen LogP contribution < -0.4 is 0 Å². The fourth-order valence-electron chi connectivity index (χ4n) is 5.50. The van der Waals surface area contributed by atoms with E-state index in [-0.39, 0.29) is 0 Å². The summed E-state index contributed by atoms with van der Waals surface area (Å²) in [5.74, 6) is 5.75. The molecule has 0 nitrogen and oxygen atoms in total. The molecule has 72 valence electrons. The molecule has 0 aromatic heterocycles. The average Bonchev–Trinajstić information content (AvgIpc) is 2.86. The smallest absolute Gasteiger partial charge is 0.0232 e. The van der Waals surface area contributed by atoms with Gasteiger partial charge in [0.25, 0.3) is 0 Å². The monoisotopic (exact) mass is 176 g/mol. The molecule has 6 aliphatic rings. The summed E-state index contributed by atoms with van der Waals surface area (Å²) < 4.78 is 0. The Kier molecular flexibility index (Phi) is 1.12. The number of fused-ring (bicyclic) bond motifs is 1. The molecule has 0 saturated heterocycles. The van der Waals surface area contributed by atoms with E-state index in [1.165, 1.54) is 11.8 Å². The molecule has 0 heterocycles. The summed E-state index contributed by atoms with van der Waals surface area (Å²) in [6.45, 7) is 2.56. The van der Waals surface area contributed by atoms with Crippen LogP contribution in [0.5, 0.6) is 0 Å². The lowest BCUT2D eigenvalue weighted by molar-refractivity contribution is 0.111. The van der Waals surface area contributed by atoms with Gasteiger partial charge in [-0.2, -0.15) is 0 Å². The van der Waals surface area contributed by atoms with E-state index >= 15 is 0 Å². The summed E-state index contributed by atoms with van der Waals surface area (Å²) in [5.41, 5.74) is 0.926. The van der Waals surface area contributed by atoms with Crippen molar-refractivity contribution >= 4 is 0 Å². The molecule has 6 unspecified atom stereocenters. The molecule has 13 heavy (non-hydrogen) atoms. The second kappa shape index (κ2) is 1.99. The first-order valence-corrected chi connectivity index (χ1v) is 6.29. The lowest BCUT2D eigenvalue weighted by Gasteiger charge is -2.38. The molecule has 0 aromatic rings. The number of rotatable bonds is 0. The predicted octanol–water partition coefficient (Wildman–Crippen LogP) is 3.47. The third kappa shape index (κ3) is 0.714. The van der Waals surface area contributed by atoms with Crippen molar-refractivity contribution < 1.29 is 0 Å². The summed E-state index contributed by atoms with van der Waals surface area (Å²) in [6, 6.07) is 0. The minimum absolute atomic E-state index is 0.926. The molecule has 6 aliphatic carbocycles. The van der Waals surface area contributed by atoms with Crippen molar-refractivity contribution in [3.05, 3.63) is 0 Å². The molecule has 4 bridgehead atoms.